The predicted molar refractivity (Wildman–Crippen MR) is 260 cm³/mol. The minimum absolute atomic E-state index is 0. The smallest absolute Gasteiger partial charge is 0.321 e. The Morgan fingerprint density at radius 1 is 0.719 bits per heavy atom. The standard InChI is InChI=1S/C27H27N5O.C21H19Cl2N5O2.CH4/c1-17-15-23-24(16-18(17)2)32(26-25(31-23)27(33)30-19(3)29-26)14-13-28-12-11-21-9-6-8-20-7-4-5-10-22(20)21;1-11-7-16-17(8-12(11)2)28(19-18(25-16)20(29)27-21(30)26-19)6-5-24-10-13-3-4-14(22)15(23)9-13;/h4-10,15-16,28H,3,11-14H2,1-2H3,(H,30,33);3-4,7-9,24H,5-6,10H2,1-2H3,(H,27,29,30);1H4. The van der Waals surface area contributed by atoms with Gasteiger partial charge in [0.05, 0.1) is 32.5 Å². The van der Waals surface area contributed by atoms with E-state index in [2.05, 4.69) is 114 Å². The zero-order valence-electron chi connectivity index (χ0n) is 35.4. The molecule has 64 heavy (non-hydrogen) atoms. The Bertz CT molecular complexity index is 3310. The van der Waals surface area contributed by atoms with Gasteiger partial charge in [0.15, 0.2) is 22.7 Å². The lowest BCUT2D eigenvalue weighted by Crippen LogP contribution is -2.44. The van der Waals surface area contributed by atoms with Crippen LogP contribution in [0.25, 0.3) is 39.9 Å². The number of benzene rings is 5. The summed E-state index contributed by atoms with van der Waals surface area (Å²) in [5.74, 6) is 0.839. The number of aryl methyl sites for hydroxylation is 4. The molecule has 0 bridgehead atoms. The van der Waals surface area contributed by atoms with Crippen molar-refractivity contribution in [3.05, 3.63) is 170 Å². The lowest BCUT2D eigenvalue weighted by atomic mass is 10.0. The van der Waals surface area contributed by atoms with Gasteiger partial charge in [-0.25, -0.2) is 19.8 Å². The second-order valence-corrected chi connectivity index (χ2v) is 16.5. The highest BCUT2D eigenvalue weighted by molar-refractivity contribution is 6.42. The zero-order valence-corrected chi connectivity index (χ0v) is 36.9. The molecule has 328 valence electrons. The molecule has 0 fully saturated rings. The van der Waals surface area contributed by atoms with Gasteiger partial charge in [-0.1, -0.05) is 85.7 Å². The Balaban J connectivity index is 0.000000189. The fourth-order valence-electron chi connectivity index (χ4n) is 7.74. The molecule has 0 spiro atoms. The molecular weight excluding hydrogens is 848 g/mol. The molecule has 3 aliphatic heterocycles. The Kier molecular flexibility index (Phi) is 13.9. The van der Waals surface area contributed by atoms with Gasteiger partial charge in [-0.15, -0.1) is 0 Å². The SMILES string of the molecule is C.C=c1nc2c(c(=O)[nH]1)=Nc1cc(C)c(C)cc1N2CCNCCc1cccc2ccccc12.Cc1cc2nc3c(=O)[nH]c(=O)nc-3n(CCNCc3ccc(Cl)c(Cl)c3)c2cc1C. The molecule has 13 nitrogen and oxygen atoms in total. The molecule has 3 aliphatic rings. The molecule has 6 aromatic rings. The summed E-state index contributed by atoms with van der Waals surface area (Å²) in [6, 6.07) is 28.5. The molecule has 0 radical (unpaired) electrons. The van der Waals surface area contributed by atoms with Crippen LogP contribution in [0.3, 0.4) is 0 Å². The maximum Gasteiger partial charge on any atom is 0.349 e. The average Bonchev–Trinajstić information content (AvgIpc) is 3.25. The number of aromatic amines is 2. The fourth-order valence-corrected chi connectivity index (χ4v) is 8.06. The van der Waals surface area contributed by atoms with Gasteiger partial charge in [-0.2, -0.15) is 4.98 Å². The summed E-state index contributed by atoms with van der Waals surface area (Å²) in [6.07, 6.45) is 0.948. The van der Waals surface area contributed by atoms with Crippen LogP contribution in [0.15, 0.2) is 104 Å². The van der Waals surface area contributed by atoms with Gasteiger partial charge in [0.25, 0.3) is 11.1 Å². The second-order valence-electron chi connectivity index (χ2n) is 15.7. The zero-order chi connectivity index (χ0) is 44.4. The van der Waals surface area contributed by atoms with Gasteiger partial charge in [0.1, 0.15) is 5.48 Å². The van der Waals surface area contributed by atoms with E-state index in [0.29, 0.717) is 58.4 Å². The predicted octanol–water partition coefficient (Wildman–Crippen LogP) is 7.12. The van der Waals surface area contributed by atoms with Gasteiger partial charge in [-0.05, 0) is 121 Å². The van der Waals surface area contributed by atoms with Crippen molar-refractivity contribution in [2.75, 3.05) is 31.1 Å². The summed E-state index contributed by atoms with van der Waals surface area (Å²) in [6.45, 7) is 15.9. The number of H-pyrrole nitrogens is 2. The van der Waals surface area contributed by atoms with E-state index in [9.17, 15) is 14.4 Å². The number of hydrogen-bond acceptors (Lipinski definition) is 10. The molecule has 0 atom stereocenters. The van der Waals surface area contributed by atoms with Crippen LogP contribution in [0.5, 0.6) is 0 Å². The molecule has 0 amide bonds. The van der Waals surface area contributed by atoms with Crippen LogP contribution < -0.4 is 43.2 Å². The summed E-state index contributed by atoms with van der Waals surface area (Å²) in [5.41, 5.74) is 9.11. The minimum atomic E-state index is -0.685. The average molecular weight is 898 g/mol. The van der Waals surface area contributed by atoms with Crippen LogP contribution in [0.2, 0.25) is 10.0 Å². The first-order chi connectivity index (χ1) is 30.3. The Morgan fingerprint density at radius 3 is 2.27 bits per heavy atom. The molecule has 4 N–H and O–H groups in total. The first-order valence-electron chi connectivity index (χ1n) is 20.6. The summed E-state index contributed by atoms with van der Waals surface area (Å²) < 4.78 is 1.86. The molecular formula is C49H50Cl2N10O3. The third kappa shape index (κ3) is 9.68. The van der Waals surface area contributed by atoms with Crippen molar-refractivity contribution < 1.29 is 0 Å². The highest BCUT2D eigenvalue weighted by atomic mass is 35.5. The quantitative estimate of drug-likeness (QED) is 0.0782. The number of aromatic nitrogens is 6. The third-order valence-electron chi connectivity index (χ3n) is 11.3. The van der Waals surface area contributed by atoms with Crippen LogP contribution >= 0.6 is 23.2 Å². The maximum absolute atomic E-state index is 12.6. The van der Waals surface area contributed by atoms with Crippen molar-refractivity contribution in [3.8, 4) is 11.5 Å². The lowest BCUT2D eigenvalue weighted by Gasteiger charge is -2.28. The van der Waals surface area contributed by atoms with Gasteiger partial charge in [0, 0.05) is 32.7 Å². The topological polar surface area (TPSA) is 166 Å². The van der Waals surface area contributed by atoms with Crippen LogP contribution in [0, 0.1) is 27.7 Å². The van der Waals surface area contributed by atoms with Crippen LogP contribution in [-0.4, -0.2) is 55.7 Å². The van der Waals surface area contributed by atoms with E-state index in [0.717, 1.165) is 58.7 Å². The molecule has 0 unspecified atom stereocenters. The molecule has 0 saturated carbocycles. The molecule has 0 aliphatic carbocycles. The fraction of sp³-hybridized carbons (Fsp3) is 0.245. The number of anilines is 2. The Labute approximate surface area is 379 Å². The number of fused-ring (bicyclic) bond motifs is 5. The molecule has 4 heterocycles. The van der Waals surface area contributed by atoms with Crippen molar-refractivity contribution in [3.63, 3.8) is 0 Å². The first-order valence-corrected chi connectivity index (χ1v) is 21.4. The number of nitrogens with zero attached hydrogens (tertiary/aromatic N) is 6. The largest absolute Gasteiger partial charge is 0.349 e. The number of hydrogen-bond donors (Lipinski definition) is 4. The molecule has 15 heteroatoms. The Morgan fingerprint density at radius 2 is 1.45 bits per heavy atom. The number of halogens is 2. The summed E-state index contributed by atoms with van der Waals surface area (Å²) in [4.78, 5) is 61.3. The van der Waals surface area contributed by atoms with Crippen LogP contribution in [0.1, 0.15) is 40.8 Å². The molecule has 5 aromatic carbocycles. The van der Waals surface area contributed by atoms with Crippen molar-refractivity contribution in [2.24, 2.45) is 4.99 Å². The highest BCUT2D eigenvalue weighted by Crippen LogP contribution is 2.36. The summed E-state index contributed by atoms with van der Waals surface area (Å²) in [7, 11) is 0. The van der Waals surface area contributed by atoms with Crippen molar-refractivity contribution in [1.82, 2.24) is 40.1 Å². The Hall–Kier alpha value is -6.51. The van der Waals surface area contributed by atoms with Crippen molar-refractivity contribution in [2.45, 2.75) is 54.6 Å². The number of nitrogens with one attached hydrogen (secondary N) is 4. The monoisotopic (exact) mass is 896 g/mol. The lowest BCUT2D eigenvalue weighted by molar-refractivity contribution is 0.603. The number of rotatable bonds is 11. The van der Waals surface area contributed by atoms with Gasteiger partial charge < -0.3 is 25.1 Å². The second kappa shape index (κ2) is 19.5. The van der Waals surface area contributed by atoms with Crippen molar-refractivity contribution in [1.29, 1.82) is 0 Å². The van der Waals surface area contributed by atoms with Crippen LogP contribution in [-0.2, 0) is 19.5 Å². The normalized spacial score (nSPS) is 11.8. The summed E-state index contributed by atoms with van der Waals surface area (Å²) in [5, 5.41) is 10.8. The minimum Gasteiger partial charge on any atom is -0.321 e. The van der Waals surface area contributed by atoms with Crippen molar-refractivity contribution >= 4 is 68.8 Å². The van der Waals surface area contributed by atoms with E-state index in [4.69, 9.17) is 23.2 Å². The van der Waals surface area contributed by atoms with E-state index in [1.807, 2.05) is 48.7 Å². The molecule has 1 aromatic heterocycles. The van der Waals surface area contributed by atoms with E-state index >= 15 is 0 Å². The van der Waals surface area contributed by atoms with Gasteiger partial charge in [-0.3, -0.25) is 14.6 Å². The third-order valence-corrected chi connectivity index (χ3v) is 12.0. The summed E-state index contributed by atoms with van der Waals surface area (Å²) >= 11 is 12.0. The first kappa shape index (κ1) is 45.5. The highest BCUT2D eigenvalue weighted by Gasteiger charge is 2.23. The van der Waals surface area contributed by atoms with E-state index in [1.54, 1.807) is 6.07 Å². The van der Waals surface area contributed by atoms with Gasteiger partial charge >= 0.3 is 5.69 Å². The van der Waals surface area contributed by atoms with E-state index < -0.39 is 11.2 Å². The van der Waals surface area contributed by atoms with Crippen LogP contribution in [0.4, 0.5) is 17.2 Å². The van der Waals surface area contributed by atoms with E-state index in [1.165, 1.54) is 21.9 Å². The van der Waals surface area contributed by atoms with Gasteiger partial charge in [0.2, 0.25) is 0 Å². The molecule has 0 saturated heterocycles. The molecule has 9 rings (SSSR count). The maximum atomic E-state index is 12.6. The van der Waals surface area contributed by atoms with E-state index in [-0.39, 0.29) is 24.5 Å².